The molecule has 5 heterocycles. The molecule has 0 radical (unpaired) electrons. The minimum Gasteiger partial charge on any atom is -0.469 e. The van der Waals surface area contributed by atoms with Crippen LogP contribution in [0.5, 0.6) is 0 Å². The molecule has 0 aliphatic carbocycles. The normalized spacial score (nSPS) is 23.2. The minimum absolute atomic E-state index is 0.275. The maximum Gasteiger partial charge on any atom is 0.418 e. The van der Waals surface area contributed by atoms with Crippen LogP contribution in [0.2, 0.25) is 0 Å². The number of amides is 3. The van der Waals surface area contributed by atoms with E-state index in [0.29, 0.717) is 46.9 Å². The van der Waals surface area contributed by atoms with Crippen LogP contribution in [0.4, 0.5) is 18.9 Å². The molecule has 3 aliphatic heterocycles. The van der Waals surface area contributed by atoms with Gasteiger partial charge in [0.1, 0.15) is 17.6 Å². The lowest BCUT2D eigenvalue weighted by molar-refractivity contribution is -0.137. The number of fused-ring (bicyclic) bond motifs is 2. The monoisotopic (exact) mass is 579 g/mol. The van der Waals surface area contributed by atoms with Crippen molar-refractivity contribution in [3.63, 3.8) is 0 Å². The van der Waals surface area contributed by atoms with Gasteiger partial charge in [-0.05, 0) is 24.3 Å². The van der Waals surface area contributed by atoms with Crippen molar-refractivity contribution in [3.05, 3.63) is 68.5 Å². The Bertz CT molecular complexity index is 1510. The van der Waals surface area contributed by atoms with E-state index in [0.717, 1.165) is 35.2 Å². The molecule has 2 fully saturated rings. The predicted octanol–water partition coefficient (Wildman–Crippen LogP) is 3.18. The second kappa shape index (κ2) is 9.68. The van der Waals surface area contributed by atoms with Crippen molar-refractivity contribution in [3.8, 4) is 0 Å². The summed E-state index contributed by atoms with van der Waals surface area (Å²) in [5.41, 5.74) is -1.65. The Balaban J connectivity index is 1.43. The lowest BCUT2D eigenvalue weighted by atomic mass is 9.86. The highest BCUT2D eigenvalue weighted by molar-refractivity contribution is 8.00. The first-order valence-electron chi connectivity index (χ1n) is 12.0. The highest BCUT2D eigenvalue weighted by atomic mass is 32.2. The Labute approximate surface area is 227 Å². The van der Waals surface area contributed by atoms with Crippen molar-refractivity contribution in [2.24, 2.45) is 5.92 Å². The number of para-hydroxylation sites is 1. The molecule has 0 spiro atoms. The van der Waals surface area contributed by atoms with Crippen molar-refractivity contribution in [2.45, 2.75) is 28.9 Å². The predicted molar refractivity (Wildman–Crippen MR) is 134 cm³/mol. The largest absolute Gasteiger partial charge is 0.469 e. The van der Waals surface area contributed by atoms with Gasteiger partial charge in [-0.1, -0.05) is 35.2 Å². The number of carbonyl (C=O) groups excluding carboxylic acids is 3. The molecule has 3 aliphatic rings. The first kappa shape index (κ1) is 25.9. The first-order valence-corrected chi connectivity index (χ1v) is 13.7. The number of imide groups is 1. The van der Waals surface area contributed by atoms with Crippen molar-refractivity contribution < 1.29 is 36.7 Å². The molecular weight excluding hydrogens is 559 g/mol. The quantitative estimate of drug-likeness (QED) is 0.438. The third-order valence-electron chi connectivity index (χ3n) is 7.01. The molecule has 3 aromatic rings. The molecule has 0 N–H and O–H groups in total. The van der Waals surface area contributed by atoms with Gasteiger partial charge in [0.15, 0.2) is 0 Å². The Hall–Kier alpha value is -3.36. The molecule has 3 atom stereocenters. The number of anilines is 1. The van der Waals surface area contributed by atoms with Gasteiger partial charge < -0.3 is 14.1 Å². The summed E-state index contributed by atoms with van der Waals surface area (Å²) in [6, 6.07) is 7.61. The van der Waals surface area contributed by atoms with E-state index in [1.807, 2.05) is 0 Å². The number of halogens is 3. The summed E-state index contributed by atoms with van der Waals surface area (Å²) >= 11 is 1.77. The van der Waals surface area contributed by atoms with Gasteiger partial charge in [0.25, 0.3) is 0 Å². The van der Waals surface area contributed by atoms with E-state index in [1.54, 1.807) is 17.0 Å². The molecule has 9 nitrogen and oxygen atoms in total. The van der Waals surface area contributed by atoms with Gasteiger partial charge in [-0.25, -0.2) is 4.90 Å². The number of aromatic nitrogens is 1. The lowest BCUT2D eigenvalue weighted by Crippen LogP contribution is -2.43. The molecule has 14 heteroatoms. The lowest BCUT2D eigenvalue weighted by Gasteiger charge is -2.30. The molecule has 0 bridgehead atoms. The average molecular weight is 580 g/mol. The van der Waals surface area contributed by atoms with Crippen LogP contribution in [-0.4, -0.2) is 58.7 Å². The van der Waals surface area contributed by atoms with Gasteiger partial charge >= 0.3 is 11.0 Å². The molecular formula is C25H20F3N3O6S2. The van der Waals surface area contributed by atoms with Crippen LogP contribution in [0, 0.1) is 5.92 Å². The van der Waals surface area contributed by atoms with Gasteiger partial charge in [0.2, 0.25) is 17.7 Å². The molecule has 0 saturated carbocycles. The number of morpholine rings is 1. The van der Waals surface area contributed by atoms with Crippen LogP contribution >= 0.6 is 23.1 Å². The smallest absolute Gasteiger partial charge is 0.418 e. The van der Waals surface area contributed by atoms with E-state index >= 15 is 0 Å². The molecule has 2 aromatic heterocycles. The van der Waals surface area contributed by atoms with E-state index in [4.69, 9.17) is 9.15 Å². The fourth-order valence-electron chi connectivity index (χ4n) is 5.22. The zero-order chi connectivity index (χ0) is 27.5. The van der Waals surface area contributed by atoms with Crippen molar-refractivity contribution in [1.29, 1.82) is 0 Å². The number of thioether (sulfide) groups is 1. The number of ether oxygens (including phenoxy) is 1. The van der Waals surface area contributed by atoms with Crippen LogP contribution in [-0.2, 0) is 31.8 Å². The highest BCUT2D eigenvalue weighted by Crippen LogP contribution is 2.54. The fourth-order valence-corrected chi connectivity index (χ4v) is 7.98. The Morgan fingerprint density at radius 2 is 1.77 bits per heavy atom. The van der Waals surface area contributed by atoms with E-state index < -0.39 is 51.2 Å². The Morgan fingerprint density at radius 3 is 2.46 bits per heavy atom. The Kier molecular flexibility index (Phi) is 6.43. The van der Waals surface area contributed by atoms with E-state index in [9.17, 15) is 32.3 Å². The standard InChI is InChI=1S/C25H20F3N3O6S2/c26-25(27,28)13-4-1-2-5-14(13)31-21(33)18-17(15-6-3-9-37-15)20-23(38-19(18)22(31)34)30(24(35)39-20)12-16(32)29-7-10-36-11-8-29/h1-6,9,17-19H,7-8,10-12H2/t17-,18-,19+/m0/s1. The highest BCUT2D eigenvalue weighted by Gasteiger charge is 2.58. The molecule has 204 valence electrons. The van der Waals surface area contributed by atoms with Crippen LogP contribution in [0.15, 0.2) is 56.9 Å². The summed E-state index contributed by atoms with van der Waals surface area (Å²) < 4.78 is 53.6. The molecule has 1 aromatic carbocycles. The third-order valence-corrected chi connectivity index (χ3v) is 9.61. The van der Waals surface area contributed by atoms with Gasteiger partial charge in [-0.15, -0.1) is 0 Å². The van der Waals surface area contributed by atoms with Gasteiger partial charge in [0.05, 0.1) is 52.5 Å². The molecule has 2 saturated heterocycles. The summed E-state index contributed by atoms with van der Waals surface area (Å²) in [4.78, 5) is 55.7. The SMILES string of the molecule is O=C(Cn1c2c(sc1=O)[C@@H](c1ccco1)[C@@H]1C(=O)N(c3ccccc3C(F)(F)F)C(=O)[C@@H]1S2)N1CCOCC1. The van der Waals surface area contributed by atoms with E-state index in [-0.39, 0.29) is 12.5 Å². The average Bonchev–Trinajstić information content (AvgIpc) is 3.61. The van der Waals surface area contributed by atoms with Crippen LogP contribution in [0.25, 0.3) is 0 Å². The van der Waals surface area contributed by atoms with Crippen molar-refractivity contribution in [2.75, 3.05) is 31.2 Å². The molecule has 6 rings (SSSR count). The van der Waals surface area contributed by atoms with Crippen LogP contribution in [0.1, 0.15) is 22.1 Å². The number of thiazole rings is 1. The van der Waals surface area contributed by atoms with Crippen LogP contribution in [0.3, 0.4) is 0 Å². The maximum atomic E-state index is 13.8. The fraction of sp³-hybridized carbons (Fsp3) is 0.360. The number of hydrogen-bond donors (Lipinski definition) is 0. The number of nitrogens with zero attached hydrogens (tertiary/aromatic N) is 3. The van der Waals surface area contributed by atoms with Crippen LogP contribution < -0.4 is 9.77 Å². The van der Waals surface area contributed by atoms with Gasteiger partial charge in [-0.3, -0.25) is 23.7 Å². The number of alkyl halides is 3. The number of rotatable bonds is 4. The first-order chi connectivity index (χ1) is 18.7. The topological polar surface area (TPSA) is 102 Å². The third kappa shape index (κ3) is 4.30. The second-order valence-electron chi connectivity index (χ2n) is 9.20. The summed E-state index contributed by atoms with van der Waals surface area (Å²) in [6.45, 7) is 1.25. The van der Waals surface area contributed by atoms with Gasteiger partial charge in [-0.2, -0.15) is 13.2 Å². The minimum atomic E-state index is -4.79. The summed E-state index contributed by atoms with van der Waals surface area (Å²) in [7, 11) is 0. The maximum absolute atomic E-state index is 13.8. The van der Waals surface area contributed by atoms with E-state index in [2.05, 4.69) is 0 Å². The molecule has 3 amide bonds. The molecule has 39 heavy (non-hydrogen) atoms. The number of benzene rings is 1. The zero-order valence-corrected chi connectivity index (χ0v) is 21.7. The summed E-state index contributed by atoms with van der Waals surface area (Å²) in [5, 5.41) is -0.790. The summed E-state index contributed by atoms with van der Waals surface area (Å²) in [6.07, 6.45) is -3.41. The summed E-state index contributed by atoms with van der Waals surface area (Å²) in [5.74, 6) is -3.63. The van der Waals surface area contributed by atoms with Gasteiger partial charge in [0, 0.05) is 13.1 Å². The van der Waals surface area contributed by atoms with Crippen molar-refractivity contribution >= 4 is 46.5 Å². The molecule has 0 unspecified atom stereocenters. The Morgan fingerprint density at radius 1 is 1.03 bits per heavy atom. The number of hydrogen-bond acceptors (Lipinski definition) is 8. The van der Waals surface area contributed by atoms with Crippen molar-refractivity contribution in [1.82, 2.24) is 9.47 Å². The number of carbonyl (C=O) groups is 3. The van der Waals surface area contributed by atoms with E-state index in [1.165, 1.54) is 23.0 Å². The zero-order valence-electron chi connectivity index (χ0n) is 20.1. The second-order valence-corrected chi connectivity index (χ2v) is 11.3. The number of furan rings is 1.